The molecule has 2 fully saturated rings. The topological polar surface area (TPSA) is 185 Å². The monoisotopic (exact) mass is 529 g/mol. The first kappa shape index (κ1) is 27.6. The first-order valence-corrected chi connectivity index (χ1v) is 12.2. The lowest BCUT2D eigenvalue weighted by Gasteiger charge is -2.52. The Labute approximate surface area is 218 Å². The van der Waals surface area contributed by atoms with Gasteiger partial charge < -0.3 is 25.6 Å². The second-order valence-electron chi connectivity index (χ2n) is 10.7. The minimum absolute atomic E-state index is 0.0155. The Bertz CT molecular complexity index is 1260. The molecule has 0 spiro atoms. The third kappa shape index (κ3) is 4.03. The standard InChI is InChI=1S/C26H31N3O9/c1-28(2)7-8-38-25(36)12-5-6-15(30)17-13(12)9-11-10-14-19(29(3)4)21(32)18(24(27)35)23(34)26(14,37)22(33)16(11)20(17)31/h5-6,11,14,16,18-19,30,37H,7-10H2,1-4H3,(H2,27,35)/t11-,14-,16?,18?,19-,26-/m0/s1. The van der Waals surface area contributed by atoms with E-state index in [1.165, 1.54) is 25.1 Å². The Morgan fingerprint density at radius 2 is 1.76 bits per heavy atom. The summed E-state index contributed by atoms with van der Waals surface area (Å²) in [5.41, 5.74) is 2.52. The molecule has 1 aromatic carbocycles. The Kier molecular flexibility index (Phi) is 7.02. The van der Waals surface area contributed by atoms with Gasteiger partial charge in [0.25, 0.3) is 0 Å². The van der Waals surface area contributed by atoms with Crippen LogP contribution in [0.15, 0.2) is 12.1 Å². The number of amides is 1. The quantitative estimate of drug-likeness (QED) is 0.290. The molecule has 2 unspecified atom stereocenters. The number of fused-ring (bicyclic) bond motifs is 3. The van der Waals surface area contributed by atoms with E-state index < -0.39 is 76.1 Å². The van der Waals surface area contributed by atoms with Gasteiger partial charge in [0.2, 0.25) is 5.91 Å². The van der Waals surface area contributed by atoms with Crippen LogP contribution in [0.1, 0.15) is 32.7 Å². The van der Waals surface area contributed by atoms with Gasteiger partial charge in [-0.05, 0) is 64.6 Å². The van der Waals surface area contributed by atoms with Crippen molar-refractivity contribution >= 4 is 35.0 Å². The van der Waals surface area contributed by atoms with Crippen LogP contribution >= 0.6 is 0 Å². The number of ketones is 4. The highest BCUT2D eigenvalue weighted by atomic mass is 16.5. The summed E-state index contributed by atoms with van der Waals surface area (Å²) >= 11 is 0. The fourth-order valence-corrected chi connectivity index (χ4v) is 6.19. The van der Waals surface area contributed by atoms with Crippen molar-refractivity contribution in [3.05, 3.63) is 28.8 Å². The maximum absolute atomic E-state index is 13.8. The molecule has 0 heterocycles. The SMILES string of the molecule is CN(C)CCOC(=O)c1ccc(O)c2c1C[C@H]1C[C@H]3[C@H](N(C)C)C(=O)C(C(N)=O)C(=O)[C@@]3(O)C(=O)C1C2=O. The van der Waals surface area contributed by atoms with E-state index in [1.54, 1.807) is 0 Å². The summed E-state index contributed by atoms with van der Waals surface area (Å²) in [4.78, 5) is 81.9. The van der Waals surface area contributed by atoms with Gasteiger partial charge in [0.05, 0.1) is 23.1 Å². The smallest absolute Gasteiger partial charge is 0.338 e. The number of ether oxygens (including phenoxy) is 1. The molecule has 0 aromatic heterocycles. The number of aliphatic hydroxyl groups is 1. The van der Waals surface area contributed by atoms with Crippen LogP contribution < -0.4 is 5.73 Å². The third-order valence-electron chi connectivity index (χ3n) is 7.94. The molecule has 0 radical (unpaired) electrons. The van der Waals surface area contributed by atoms with Crippen LogP contribution in [0.5, 0.6) is 5.75 Å². The summed E-state index contributed by atoms with van der Waals surface area (Å²) in [6.07, 6.45) is -0.118. The summed E-state index contributed by atoms with van der Waals surface area (Å²) < 4.78 is 5.33. The lowest BCUT2D eigenvalue weighted by Crippen LogP contribution is -2.74. The summed E-state index contributed by atoms with van der Waals surface area (Å²) in [5.74, 6) is -12.2. The van der Waals surface area contributed by atoms with Gasteiger partial charge in [-0.2, -0.15) is 0 Å². The van der Waals surface area contributed by atoms with Gasteiger partial charge in [-0.25, -0.2) is 4.79 Å². The van der Waals surface area contributed by atoms with Gasteiger partial charge >= 0.3 is 5.97 Å². The zero-order valence-corrected chi connectivity index (χ0v) is 21.6. The second kappa shape index (κ2) is 9.68. The number of benzene rings is 1. The van der Waals surface area contributed by atoms with Crippen molar-refractivity contribution in [1.82, 2.24) is 9.80 Å². The van der Waals surface area contributed by atoms with Crippen LogP contribution in [0.3, 0.4) is 0 Å². The van der Waals surface area contributed by atoms with E-state index in [-0.39, 0.29) is 36.1 Å². The number of nitrogens with zero attached hydrogens (tertiary/aromatic N) is 2. The van der Waals surface area contributed by atoms with Crippen molar-refractivity contribution < 1.29 is 43.7 Å². The number of carbonyl (C=O) groups is 6. The molecule has 1 aromatic rings. The molecule has 6 atom stereocenters. The normalized spacial score (nSPS) is 30.7. The lowest BCUT2D eigenvalue weighted by atomic mass is 9.52. The predicted octanol–water partition coefficient (Wildman–Crippen LogP) is -1.41. The molecule has 0 saturated heterocycles. The van der Waals surface area contributed by atoms with Gasteiger partial charge in [-0.1, -0.05) is 0 Å². The summed E-state index contributed by atoms with van der Waals surface area (Å²) in [6, 6.07) is 1.30. The molecule has 2 saturated carbocycles. The Hall–Kier alpha value is -3.48. The largest absolute Gasteiger partial charge is 0.507 e. The van der Waals surface area contributed by atoms with Gasteiger partial charge in [0.15, 0.2) is 34.7 Å². The molecule has 3 aliphatic rings. The predicted molar refractivity (Wildman–Crippen MR) is 130 cm³/mol. The number of likely N-dealkylation sites (N-methyl/N-ethyl adjacent to an activating group) is 2. The van der Waals surface area contributed by atoms with Crippen LogP contribution in [0.2, 0.25) is 0 Å². The first-order chi connectivity index (χ1) is 17.7. The zero-order valence-electron chi connectivity index (χ0n) is 21.6. The second-order valence-corrected chi connectivity index (χ2v) is 10.7. The number of phenols is 1. The van der Waals surface area contributed by atoms with Crippen molar-refractivity contribution in [2.24, 2.45) is 29.4 Å². The number of hydrogen-bond acceptors (Lipinski definition) is 11. The first-order valence-electron chi connectivity index (χ1n) is 12.2. The van der Waals surface area contributed by atoms with Gasteiger partial charge in [-0.3, -0.25) is 28.9 Å². The summed E-state index contributed by atoms with van der Waals surface area (Å²) in [5, 5.41) is 22.1. The van der Waals surface area contributed by atoms with Crippen molar-refractivity contribution in [2.45, 2.75) is 24.5 Å². The number of aromatic hydroxyl groups is 1. The molecule has 3 aliphatic carbocycles. The third-order valence-corrected chi connectivity index (χ3v) is 7.94. The number of hydrogen-bond donors (Lipinski definition) is 3. The fraction of sp³-hybridized carbons (Fsp3) is 0.538. The minimum Gasteiger partial charge on any atom is -0.507 e. The Balaban J connectivity index is 1.79. The van der Waals surface area contributed by atoms with Gasteiger partial charge in [-0.15, -0.1) is 0 Å². The highest BCUT2D eigenvalue weighted by Crippen LogP contribution is 2.51. The molecule has 38 heavy (non-hydrogen) atoms. The Morgan fingerprint density at radius 1 is 1.11 bits per heavy atom. The number of Topliss-reactive ketones (excluding diaryl/α,β-unsaturated/α-hetero) is 4. The van der Waals surface area contributed by atoms with E-state index in [9.17, 15) is 39.0 Å². The Morgan fingerprint density at radius 3 is 2.34 bits per heavy atom. The van der Waals surface area contributed by atoms with Gasteiger partial charge in [0.1, 0.15) is 12.4 Å². The van der Waals surface area contributed by atoms with Gasteiger partial charge in [0, 0.05) is 12.5 Å². The number of carbonyl (C=O) groups excluding carboxylic acids is 6. The molecule has 204 valence electrons. The van der Waals surface area contributed by atoms with Crippen LogP contribution in [0, 0.1) is 23.7 Å². The van der Waals surface area contributed by atoms with Crippen LogP contribution in [0.4, 0.5) is 0 Å². The molecule has 4 rings (SSSR count). The lowest BCUT2D eigenvalue weighted by molar-refractivity contribution is -0.181. The summed E-state index contributed by atoms with van der Waals surface area (Å²) in [7, 11) is 6.64. The maximum Gasteiger partial charge on any atom is 0.338 e. The molecule has 0 aliphatic heterocycles. The molecule has 4 N–H and O–H groups in total. The number of esters is 1. The zero-order chi connectivity index (χ0) is 28.3. The molecule has 12 nitrogen and oxygen atoms in total. The molecule has 1 amide bonds. The molecular weight excluding hydrogens is 498 g/mol. The van der Waals surface area contributed by atoms with Crippen molar-refractivity contribution in [3.8, 4) is 5.75 Å². The number of nitrogens with two attached hydrogens (primary N) is 1. The molecular formula is C26H31N3O9. The molecule has 12 heteroatoms. The van der Waals surface area contributed by atoms with E-state index in [0.29, 0.717) is 6.54 Å². The van der Waals surface area contributed by atoms with E-state index in [4.69, 9.17) is 10.5 Å². The number of phenolic OH excluding ortho intramolecular Hbond substituents is 1. The fourth-order valence-electron chi connectivity index (χ4n) is 6.19. The van der Waals surface area contributed by atoms with Crippen LogP contribution in [-0.4, -0.2) is 108 Å². The van der Waals surface area contributed by atoms with Crippen molar-refractivity contribution in [1.29, 1.82) is 0 Å². The number of rotatable bonds is 6. The maximum atomic E-state index is 13.8. The average molecular weight is 530 g/mol. The highest BCUT2D eigenvalue weighted by molar-refractivity contribution is 6.32. The number of primary amides is 1. The van der Waals surface area contributed by atoms with E-state index in [2.05, 4.69) is 0 Å². The van der Waals surface area contributed by atoms with Crippen molar-refractivity contribution in [2.75, 3.05) is 41.3 Å². The van der Waals surface area contributed by atoms with Crippen molar-refractivity contribution in [3.63, 3.8) is 0 Å². The highest BCUT2D eigenvalue weighted by Gasteiger charge is 2.69. The van der Waals surface area contributed by atoms with E-state index in [0.717, 1.165) is 6.07 Å². The summed E-state index contributed by atoms with van der Waals surface area (Å²) in [6.45, 7) is 0.551. The van der Waals surface area contributed by atoms with Crippen LogP contribution in [0.25, 0.3) is 0 Å². The average Bonchev–Trinajstić information content (AvgIpc) is 2.80. The van der Waals surface area contributed by atoms with E-state index >= 15 is 0 Å². The molecule has 0 bridgehead atoms. The van der Waals surface area contributed by atoms with Crippen LogP contribution in [-0.2, 0) is 30.3 Å². The van der Waals surface area contributed by atoms with E-state index in [1.807, 2.05) is 19.0 Å². The minimum atomic E-state index is -2.80.